The highest BCUT2D eigenvalue weighted by Gasteiger charge is 2.20. The first-order valence-corrected chi connectivity index (χ1v) is 12.5. The Morgan fingerprint density at radius 2 is 1.45 bits per heavy atom. The minimum Gasteiger partial charge on any atom is -0.294 e. The molecule has 0 aliphatic rings. The quantitative estimate of drug-likeness (QED) is 0.315. The van der Waals surface area contributed by atoms with Crippen LogP contribution in [0.5, 0.6) is 0 Å². The Balaban J connectivity index is 1.43. The summed E-state index contributed by atoms with van der Waals surface area (Å²) in [7, 11) is 0. The summed E-state index contributed by atoms with van der Waals surface area (Å²) in [6.45, 7) is 3.91. The van der Waals surface area contributed by atoms with Gasteiger partial charge in [-0.25, -0.2) is 0 Å². The topological polar surface area (TPSA) is 64.7 Å². The molecule has 5 rings (SSSR count). The fourth-order valence-corrected chi connectivity index (χ4v) is 5.62. The van der Waals surface area contributed by atoms with Crippen LogP contribution in [0.1, 0.15) is 23.2 Å². The van der Waals surface area contributed by atoms with E-state index in [-0.39, 0.29) is 0 Å². The maximum Gasteiger partial charge on any atom is 0.216 e. The van der Waals surface area contributed by atoms with Crippen LogP contribution in [0.25, 0.3) is 10.3 Å². The van der Waals surface area contributed by atoms with Gasteiger partial charge in [0.25, 0.3) is 0 Å². The van der Waals surface area contributed by atoms with Crippen molar-refractivity contribution in [2.75, 3.05) is 0 Å². The zero-order valence-corrected chi connectivity index (χ0v) is 19.4. The Kier molecular flexibility index (Phi) is 6.03. The maximum absolute atomic E-state index is 4.25. The third-order valence-corrected chi connectivity index (χ3v) is 7.48. The predicted molar refractivity (Wildman–Crippen MR) is 125 cm³/mol. The number of aromatic nitrogens is 6. The predicted octanol–water partition coefficient (Wildman–Crippen LogP) is 4.67. The van der Waals surface area contributed by atoms with Crippen LogP contribution in [0.4, 0.5) is 0 Å². The van der Waals surface area contributed by atoms with E-state index >= 15 is 0 Å². The molecule has 1 atom stereocenters. The molecule has 0 saturated carbocycles. The molecule has 0 aliphatic carbocycles. The van der Waals surface area contributed by atoms with Crippen LogP contribution in [0.15, 0.2) is 65.2 Å². The molecule has 0 amide bonds. The first-order chi connectivity index (χ1) is 15.3. The average Bonchev–Trinajstić information content (AvgIpc) is 3.59. The number of nitrogens with zero attached hydrogens (tertiary/aromatic N) is 7. The average molecular weight is 468 g/mol. The largest absolute Gasteiger partial charge is 0.294 e. The van der Waals surface area contributed by atoms with E-state index in [4.69, 9.17) is 0 Å². The monoisotopic (exact) mass is 467 g/mol. The lowest BCUT2D eigenvalue weighted by molar-refractivity contribution is 0.183. The van der Waals surface area contributed by atoms with Crippen LogP contribution >= 0.6 is 34.0 Å². The van der Waals surface area contributed by atoms with Crippen molar-refractivity contribution in [3.05, 3.63) is 81.5 Å². The molecule has 0 aliphatic heterocycles. The van der Waals surface area contributed by atoms with Crippen molar-refractivity contribution in [3.63, 3.8) is 0 Å². The second kappa shape index (κ2) is 9.23. The van der Waals surface area contributed by atoms with Gasteiger partial charge in [0.1, 0.15) is 11.0 Å². The summed E-state index contributed by atoms with van der Waals surface area (Å²) in [4.78, 5) is 3.91. The zero-order chi connectivity index (χ0) is 21.0. The molecule has 10 heteroatoms. The van der Waals surface area contributed by atoms with Gasteiger partial charge in [-0.2, -0.15) is 0 Å². The van der Waals surface area contributed by atoms with E-state index in [9.17, 15) is 0 Å². The summed E-state index contributed by atoms with van der Waals surface area (Å²) >= 11 is 4.91. The van der Waals surface area contributed by atoms with Gasteiger partial charge >= 0.3 is 0 Å². The van der Waals surface area contributed by atoms with E-state index in [1.54, 1.807) is 33.7 Å². The highest BCUT2D eigenvalue weighted by Crippen LogP contribution is 2.23. The number of rotatable bonds is 9. The second-order valence-corrected chi connectivity index (χ2v) is 9.87. The lowest BCUT2D eigenvalue weighted by Gasteiger charge is -2.29. The molecular weight excluding hydrogens is 446 g/mol. The molecule has 7 nitrogen and oxygen atoms in total. The number of hydrogen-bond donors (Lipinski definition) is 0. The fraction of sp³-hybridized carbons (Fsp3) is 0.238. The molecule has 1 unspecified atom stereocenters. The Bertz CT molecular complexity index is 1120. The highest BCUT2D eigenvalue weighted by molar-refractivity contribution is 7.12. The number of hydrogen-bond acceptors (Lipinski definition) is 8. The minimum atomic E-state index is 0.356. The molecule has 0 aromatic carbocycles. The molecule has 0 saturated heterocycles. The van der Waals surface area contributed by atoms with Gasteiger partial charge in [0, 0.05) is 47.8 Å². The van der Waals surface area contributed by atoms with Crippen LogP contribution in [-0.2, 0) is 19.5 Å². The van der Waals surface area contributed by atoms with E-state index in [0.29, 0.717) is 6.04 Å². The van der Waals surface area contributed by atoms with Crippen molar-refractivity contribution in [3.8, 4) is 10.3 Å². The molecule has 0 spiro atoms. The molecule has 5 aromatic rings. The summed E-state index contributed by atoms with van der Waals surface area (Å²) in [5.41, 5.74) is 5.93. The second-order valence-electron chi connectivity index (χ2n) is 7.22. The van der Waals surface area contributed by atoms with Crippen molar-refractivity contribution in [2.45, 2.75) is 32.5 Å². The van der Waals surface area contributed by atoms with Crippen LogP contribution in [-0.4, -0.2) is 40.5 Å². The highest BCUT2D eigenvalue weighted by atomic mass is 32.1. The standard InChI is InChI=1S/C21H21N7S3/c1-16(11-19-7-4-10-29-19)26(12-17-5-2-8-27(17)20-24-22-14-30-20)13-18-6-3-9-28(18)21-25-23-15-31-21/h2-10,14-16H,11-13H2,1H3. The van der Waals surface area contributed by atoms with Crippen molar-refractivity contribution in [1.29, 1.82) is 0 Å². The van der Waals surface area contributed by atoms with Gasteiger partial charge in [0.2, 0.25) is 10.3 Å². The van der Waals surface area contributed by atoms with Gasteiger partial charge in [-0.05, 0) is 49.1 Å². The normalized spacial score (nSPS) is 12.6. The van der Waals surface area contributed by atoms with Gasteiger partial charge in [-0.3, -0.25) is 14.0 Å². The molecule has 0 radical (unpaired) electrons. The molecule has 0 N–H and O–H groups in total. The third-order valence-electron chi connectivity index (χ3n) is 5.21. The summed E-state index contributed by atoms with van der Waals surface area (Å²) in [5.74, 6) is 0. The van der Waals surface area contributed by atoms with E-state index in [0.717, 1.165) is 29.8 Å². The van der Waals surface area contributed by atoms with Crippen molar-refractivity contribution in [1.82, 2.24) is 34.4 Å². The molecule has 5 aromatic heterocycles. The van der Waals surface area contributed by atoms with Crippen LogP contribution in [0, 0.1) is 0 Å². The molecular formula is C21H21N7S3. The summed E-state index contributed by atoms with van der Waals surface area (Å²) in [6, 6.07) is 13.2. The first-order valence-electron chi connectivity index (χ1n) is 9.90. The molecule has 31 heavy (non-hydrogen) atoms. The SMILES string of the molecule is CC(Cc1cccs1)N(Cc1cccn1-c1nncs1)Cc1cccn1-c1nncs1. The molecule has 158 valence electrons. The van der Waals surface area contributed by atoms with Gasteiger partial charge < -0.3 is 0 Å². The zero-order valence-electron chi connectivity index (χ0n) is 16.9. The Hall–Kier alpha value is -2.66. The van der Waals surface area contributed by atoms with Crippen molar-refractivity contribution >= 4 is 34.0 Å². The van der Waals surface area contributed by atoms with E-state index in [1.807, 2.05) is 11.3 Å². The van der Waals surface area contributed by atoms with E-state index in [2.05, 4.69) is 95.5 Å². The smallest absolute Gasteiger partial charge is 0.216 e. The van der Waals surface area contributed by atoms with Crippen LogP contribution in [0.2, 0.25) is 0 Å². The Labute approximate surface area is 192 Å². The first kappa shape index (κ1) is 20.3. The van der Waals surface area contributed by atoms with Gasteiger partial charge in [0.15, 0.2) is 0 Å². The molecule has 0 fully saturated rings. The minimum absolute atomic E-state index is 0.356. The third kappa shape index (κ3) is 4.52. The summed E-state index contributed by atoms with van der Waals surface area (Å²) in [5, 5.41) is 20.4. The lowest BCUT2D eigenvalue weighted by atomic mass is 10.1. The van der Waals surface area contributed by atoms with E-state index in [1.165, 1.54) is 16.3 Å². The lowest BCUT2D eigenvalue weighted by Crippen LogP contribution is -2.34. The van der Waals surface area contributed by atoms with Gasteiger partial charge in [0.05, 0.1) is 0 Å². The Morgan fingerprint density at radius 1 is 0.839 bits per heavy atom. The fourth-order valence-electron chi connectivity index (χ4n) is 3.64. The van der Waals surface area contributed by atoms with E-state index < -0.39 is 0 Å². The Morgan fingerprint density at radius 3 is 1.94 bits per heavy atom. The molecule has 5 heterocycles. The van der Waals surface area contributed by atoms with Gasteiger partial charge in [-0.15, -0.1) is 31.7 Å². The number of thiophene rings is 1. The van der Waals surface area contributed by atoms with Crippen LogP contribution in [0.3, 0.4) is 0 Å². The van der Waals surface area contributed by atoms with Gasteiger partial charge in [-0.1, -0.05) is 28.7 Å². The summed E-state index contributed by atoms with van der Waals surface area (Å²) in [6.07, 6.45) is 5.13. The van der Waals surface area contributed by atoms with Crippen LogP contribution < -0.4 is 0 Å². The maximum atomic E-state index is 4.25. The summed E-state index contributed by atoms with van der Waals surface area (Å²) < 4.78 is 4.26. The van der Waals surface area contributed by atoms with Crippen molar-refractivity contribution in [2.24, 2.45) is 0 Å². The molecule has 0 bridgehead atoms. The van der Waals surface area contributed by atoms with Crippen molar-refractivity contribution < 1.29 is 0 Å².